The molecule has 0 heterocycles. The first-order valence-corrected chi connectivity index (χ1v) is 5.80. The van der Waals surface area contributed by atoms with Crippen molar-refractivity contribution in [3.8, 4) is 0 Å². The average Bonchev–Trinajstić information content (AvgIpc) is 2.22. The van der Waals surface area contributed by atoms with Gasteiger partial charge in [-0.2, -0.15) is 0 Å². The van der Waals surface area contributed by atoms with Crippen molar-refractivity contribution in [3.63, 3.8) is 0 Å². The molecule has 0 fully saturated rings. The molecule has 0 bridgehead atoms. The van der Waals surface area contributed by atoms with Crippen LogP contribution >= 0.6 is 0 Å². The maximum absolute atomic E-state index is 11.3. The highest BCUT2D eigenvalue weighted by Gasteiger charge is 2.04. The van der Waals surface area contributed by atoms with Crippen LogP contribution in [0.1, 0.15) is 33.6 Å². The Balaban J connectivity index is 3.31. The van der Waals surface area contributed by atoms with Gasteiger partial charge in [0.1, 0.15) is 0 Å². The summed E-state index contributed by atoms with van der Waals surface area (Å²) in [5, 5.41) is 8.65. The lowest BCUT2D eigenvalue weighted by atomic mass is 10.2. The van der Waals surface area contributed by atoms with Crippen molar-refractivity contribution < 1.29 is 9.59 Å². The van der Waals surface area contributed by atoms with Gasteiger partial charge >= 0.3 is 0 Å². The summed E-state index contributed by atoms with van der Waals surface area (Å²) >= 11 is 0. The molecule has 0 aromatic rings. The Morgan fingerprint density at radius 3 is 2.44 bits per heavy atom. The third kappa shape index (κ3) is 9.45. The molecular weight excluding hydrogens is 206 g/mol. The molecule has 0 saturated carbocycles. The topological polar surface area (TPSA) is 70.2 Å². The first-order chi connectivity index (χ1) is 7.56. The van der Waals surface area contributed by atoms with Gasteiger partial charge in [-0.3, -0.25) is 9.59 Å². The summed E-state index contributed by atoms with van der Waals surface area (Å²) in [5.74, 6) is 0.0395. The fraction of sp³-hybridized carbons (Fsp3) is 0.818. The molecule has 1 atom stereocenters. The van der Waals surface area contributed by atoms with Crippen LogP contribution in [0, 0.1) is 0 Å². The second kappa shape index (κ2) is 9.15. The second-order valence-electron chi connectivity index (χ2n) is 3.86. The van der Waals surface area contributed by atoms with Crippen molar-refractivity contribution in [3.05, 3.63) is 0 Å². The zero-order valence-corrected chi connectivity index (χ0v) is 10.4. The highest BCUT2D eigenvalue weighted by molar-refractivity contribution is 5.76. The van der Waals surface area contributed by atoms with Gasteiger partial charge in [-0.05, 0) is 13.3 Å². The molecule has 0 aromatic heterocycles. The second-order valence-corrected chi connectivity index (χ2v) is 3.86. The number of carbonyl (C=O) groups is 2. The molecular formula is C11H23N3O2. The molecule has 0 radical (unpaired) electrons. The molecule has 1 unspecified atom stereocenters. The Bertz CT molecular complexity index is 219. The first-order valence-electron chi connectivity index (χ1n) is 5.80. The van der Waals surface area contributed by atoms with Crippen LogP contribution in [0.25, 0.3) is 0 Å². The van der Waals surface area contributed by atoms with Gasteiger partial charge in [-0.25, -0.2) is 0 Å². The Kier molecular flexibility index (Phi) is 8.52. The van der Waals surface area contributed by atoms with E-state index in [1.54, 1.807) is 0 Å². The summed E-state index contributed by atoms with van der Waals surface area (Å²) in [7, 11) is 0. The number of amides is 2. The third-order valence-electron chi connectivity index (χ3n) is 2.22. The summed E-state index contributed by atoms with van der Waals surface area (Å²) in [6.45, 7) is 7.44. The molecule has 0 spiro atoms. The molecule has 5 nitrogen and oxygen atoms in total. The molecule has 0 aliphatic heterocycles. The van der Waals surface area contributed by atoms with Gasteiger partial charge in [0.2, 0.25) is 11.8 Å². The van der Waals surface area contributed by atoms with E-state index in [1.165, 1.54) is 6.92 Å². The lowest BCUT2D eigenvalue weighted by Crippen LogP contribution is -2.35. The molecule has 0 saturated heterocycles. The van der Waals surface area contributed by atoms with E-state index in [1.807, 2.05) is 13.8 Å². The maximum Gasteiger partial charge on any atom is 0.221 e. The fourth-order valence-corrected chi connectivity index (χ4v) is 1.10. The molecule has 2 amide bonds. The molecule has 0 rings (SSSR count). The van der Waals surface area contributed by atoms with Crippen LogP contribution in [0.5, 0.6) is 0 Å². The van der Waals surface area contributed by atoms with E-state index in [0.29, 0.717) is 26.1 Å². The Morgan fingerprint density at radius 1 is 1.19 bits per heavy atom. The minimum atomic E-state index is -0.0312. The Labute approximate surface area is 97.4 Å². The molecule has 3 N–H and O–H groups in total. The van der Waals surface area contributed by atoms with Crippen LogP contribution in [0.15, 0.2) is 0 Å². The third-order valence-corrected chi connectivity index (χ3v) is 2.22. The summed E-state index contributed by atoms with van der Waals surface area (Å²) in [4.78, 5) is 21.9. The van der Waals surface area contributed by atoms with Crippen LogP contribution in [-0.4, -0.2) is 37.5 Å². The first kappa shape index (κ1) is 14.9. The minimum Gasteiger partial charge on any atom is -0.355 e. The number of carbonyl (C=O) groups excluding carboxylic acids is 2. The number of rotatable bonds is 8. The zero-order chi connectivity index (χ0) is 12.4. The monoisotopic (exact) mass is 229 g/mol. The lowest BCUT2D eigenvalue weighted by molar-refractivity contribution is -0.122. The van der Waals surface area contributed by atoms with Crippen LogP contribution in [-0.2, 0) is 9.59 Å². The molecule has 5 heteroatoms. The highest BCUT2D eigenvalue weighted by atomic mass is 16.2. The molecule has 16 heavy (non-hydrogen) atoms. The molecule has 0 aromatic carbocycles. The average molecular weight is 229 g/mol. The van der Waals surface area contributed by atoms with E-state index < -0.39 is 0 Å². The van der Waals surface area contributed by atoms with E-state index in [-0.39, 0.29) is 17.9 Å². The van der Waals surface area contributed by atoms with Gasteiger partial charge < -0.3 is 16.0 Å². The molecule has 94 valence electrons. The maximum atomic E-state index is 11.3. The summed E-state index contributed by atoms with van der Waals surface area (Å²) in [6.07, 6.45) is 1.42. The quantitative estimate of drug-likeness (QED) is 0.514. The molecule has 0 aliphatic rings. The van der Waals surface area contributed by atoms with E-state index >= 15 is 0 Å². The van der Waals surface area contributed by atoms with Crippen LogP contribution in [0.2, 0.25) is 0 Å². The van der Waals surface area contributed by atoms with E-state index in [2.05, 4.69) is 16.0 Å². The minimum absolute atomic E-state index is 0.0312. The van der Waals surface area contributed by atoms with Crippen molar-refractivity contribution in [2.45, 2.75) is 39.7 Å². The number of hydrogen-bond donors (Lipinski definition) is 3. The van der Waals surface area contributed by atoms with Crippen molar-refractivity contribution >= 4 is 11.8 Å². The van der Waals surface area contributed by atoms with E-state index in [9.17, 15) is 9.59 Å². The van der Waals surface area contributed by atoms with Gasteiger partial charge in [0.15, 0.2) is 0 Å². The van der Waals surface area contributed by atoms with Crippen molar-refractivity contribution in [2.24, 2.45) is 0 Å². The summed E-state index contributed by atoms with van der Waals surface area (Å²) < 4.78 is 0. The highest BCUT2D eigenvalue weighted by Crippen LogP contribution is 1.88. The smallest absolute Gasteiger partial charge is 0.221 e. The number of nitrogens with one attached hydrogen (secondary N) is 3. The SMILES string of the molecule is CCC(C)NC(=O)CCNCCNC(C)=O. The van der Waals surface area contributed by atoms with Gasteiger partial charge in [-0.15, -0.1) is 0 Å². The Hall–Kier alpha value is -1.10. The summed E-state index contributed by atoms with van der Waals surface area (Å²) in [5.41, 5.74) is 0. The number of hydrogen-bond acceptors (Lipinski definition) is 3. The predicted molar refractivity (Wildman–Crippen MR) is 64.1 cm³/mol. The fourth-order valence-electron chi connectivity index (χ4n) is 1.10. The van der Waals surface area contributed by atoms with Crippen molar-refractivity contribution in [1.82, 2.24) is 16.0 Å². The zero-order valence-electron chi connectivity index (χ0n) is 10.4. The molecule has 0 aliphatic carbocycles. The van der Waals surface area contributed by atoms with E-state index in [0.717, 1.165) is 6.42 Å². The normalized spacial score (nSPS) is 11.9. The summed E-state index contributed by atoms with van der Waals surface area (Å²) in [6, 6.07) is 0.242. The van der Waals surface area contributed by atoms with Gasteiger partial charge in [-0.1, -0.05) is 6.92 Å². The van der Waals surface area contributed by atoms with Crippen LogP contribution in [0.3, 0.4) is 0 Å². The van der Waals surface area contributed by atoms with Gasteiger partial charge in [0, 0.05) is 39.0 Å². The largest absolute Gasteiger partial charge is 0.355 e. The standard InChI is InChI=1S/C11H23N3O2/c1-4-9(2)14-11(16)5-6-12-7-8-13-10(3)15/h9,12H,4-8H2,1-3H3,(H,13,15)(H,14,16). The van der Waals surface area contributed by atoms with Gasteiger partial charge in [0.05, 0.1) is 0 Å². The predicted octanol–water partition coefficient (Wildman–Crippen LogP) is 0.0169. The lowest BCUT2D eigenvalue weighted by Gasteiger charge is -2.11. The van der Waals surface area contributed by atoms with Crippen LogP contribution < -0.4 is 16.0 Å². The van der Waals surface area contributed by atoms with Gasteiger partial charge in [0.25, 0.3) is 0 Å². The van der Waals surface area contributed by atoms with E-state index in [4.69, 9.17) is 0 Å². The Morgan fingerprint density at radius 2 is 1.88 bits per heavy atom. The van der Waals surface area contributed by atoms with Crippen molar-refractivity contribution in [1.29, 1.82) is 0 Å². The van der Waals surface area contributed by atoms with Crippen molar-refractivity contribution in [2.75, 3.05) is 19.6 Å². The van der Waals surface area contributed by atoms with Crippen LogP contribution in [0.4, 0.5) is 0 Å².